The number of nitrogens with one attached hydrogen (secondary N) is 1. The van der Waals surface area contributed by atoms with Crippen LogP contribution in [0.15, 0.2) is 11.1 Å². The van der Waals surface area contributed by atoms with Crippen LogP contribution in [0.3, 0.4) is 0 Å². The average molecular weight is 215 g/mol. The summed E-state index contributed by atoms with van der Waals surface area (Å²) in [6, 6.07) is 0. The fourth-order valence-electron chi connectivity index (χ4n) is 0.688. The lowest BCUT2D eigenvalue weighted by molar-refractivity contribution is -0.140. The summed E-state index contributed by atoms with van der Waals surface area (Å²) in [4.78, 5) is 32.5. The number of carbonyl (C=O) groups excluding carboxylic acids is 2. The van der Waals surface area contributed by atoms with Gasteiger partial charge < -0.3 is 15.2 Å². The van der Waals surface area contributed by atoms with Crippen LogP contribution in [-0.2, 0) is 19.1 Å². The largest absolute Gasteiger partial charge is 0.478 e. The minimum atomic E-state index is -1.17. The normalized spacial score (nSPS) is 11.4. The SMILES string of the molecule is COC(=O)CNC(=O)C(C)=C(C)C(=O)O. The number of carboxylic acid groups (broad SMARTS) is 1. The van der Waals surface area contributed by atoms with Crippen molar-refractivity contribution in [1.82, 2.24) is 5.32 Å². The molecule has 15 heavy (non-hydrogen) atoms. The number of carbonyl (C=O) groups is 3. The molecular weight excluding hydrogens is 202 g/mol. The maximum atomic E-state index is 11.3. The van der Waals surface area contributed by atoms with Gasteiger partial charge in [0.1, 0.15) is 6.54 Å². The van der Waals surface area contributed by atoms with Crippen LogP contribution in [0, 0.1) is 0 Å². The van der Waals surface area contributed by atoms with Crippen molar-refractivity contribution in [2.75, 3.05) is 13.7 Å². The van der Waals surface area contributed by atoms with Gasteiger partial charge in [0.2, 0.25) is 5.91 Å². The van der Waals surface area contributed by atoms with Gasteiger partial charge in [0, 0.05) is 11.1 Å². The molecule has 0 atom stereocenters. The van der Waals surface area contributed by atoms with E-state index in [1.54, 1.807) is 0 Å². The maximum Gasteiger partial charge on any atom is 0.331 e. The van der Waals surface area contributed by atoms with Gasteiger partial charge in [-0.05, 0) is 13.8 Å². The number of methoxy groups -OCH3 is 1. The Labute approximate surface area is 86.9 Å². The van der Waals surface area contributed by atoms with Gasteiger partial charge in [0.15, 0.2) is 0 Å². The highest BCUT2D eigenvalue weighted by Gasteiger charge is 2.13. The Morgan fingerprint density at radius 3 is 2.13 bits per heavy atom. The van der Waals surface area contributed by atoms with Crippen LogP contribution >= 0.6 is 0 Å². The molecule has 0 saturated carbocycles. The van der Waals surface area contributed by atoms with Gasteiger partial charge in [-0.1, -0.05) is 0 Å². The fourth-order valence-corrected chi connectivity index (χ4v) is 0.688. The van der Waals surface area contributed by atoms with Crippen LogP contribution in [-0.4, -0.2) is 36.6 Å². The molecule has 84 valence electrons. The first-order valence-electron chi connectivity index (χ1n) is 4.16. The van der Waals surface area contributed by atoms with E-state index in [2.05, 4.69) is 10.1 Å². The summed E-state index contributed by atoms with van der Waals surface area (Å²) in [7, 11) is 1.19. The van der Waals surface area contributed by atoms with Crippen molar-refractivity contribution in [2.45, 2.75) is 13.8 Å². The van der Waals surface area contributed by atoms with Gasteiger partial charge in [0.25, 0.3) is 0 Å². The van der Waals surface area contributed by atoms with Crippen LogP contribution in [0.1, 0.15) is 13.8 Å². The minimum Gasteiger partial charge on any atom is -0.478 e. The number of rotatable bonds is 4. The van der Waals surface area contributed by atoms with E-state index in [0.29, 0.717) is 0 Å². The molecule has 0 aliphatic heterocycles. The molecule has 0 heterocycles. The molecule has 0 spiro atoms. The second-order valence-corrected chi connectivity index (χ2v) is 2.81. The van der Waals surface area contributed by atoms with Gasteiger partial charge in [0.05, 0.1) is 7.11 Å². The molecule has 0 bridgehead atoms. The summed E-state index contributed by atoms with van der Waals surface area (Å²) < 4.78 is 4.30. The predicted octanol–water partition coefficient (Wildman–Crippen LogP) is -0.303. The molecule has 0 fully saturated rings. The van der Waals surface area contributed by atoms with Crippen molar-refractivity contribution >= 4 is 17.8 Å². The molecule has 1 amide bonds. The topological polar surface area (TPSA) is 92.7 Å². The summed E-state index contributed by atoms with van der Waals surface area (Å²) in [5.41, 5.74) is 0.00349. The molecule has 0 saturated heterocycles. The molecular formula is C9H13NO5. The molecule has 0 aromatic rings. The molecule has 0 unspecified atom stereocenters. The van der Waals surface area contributed by atoms with Crippen LogP contribution in [0.25, 0.3) is 0 Å². The number of ether oxygens (including phenoxy) is 1. The lowest BCUT2D eigenvalue weighted by atomic mass is 10.1. The number of carboxylic acids is 1. The van der Waals surface area contributed by atoms with E-state index in [-0.39, 0.29) is 17.7 Å². The lowest BCUT2D eigenvalue weighted by Crippen LogP contribution is -2.31. The first kappa shape index (κ1) is 13.2. The van der Waals surface area contributed by atoms with Gasteiger partial charge in [-0.3, -0.25) is 9.59 Å². The van der Waals surface area contributed by atoms with Crippen LogP contribution in [0.2, 0.25) is 0 Å². The quantitative estimate of drug-likeness (QED) is 0.496. The first-order valence-corrected chi connectivity index (χ1v) is 4.16. The van der Waals surface area contributed by atoms with Crippen molar-refractivity contribution in [2.24, 2.45) is 0 Å². The first-order chi connectivity index (χ1) is 6.90. The zero-order valence-corrected chi connectivity index (χ0v) is 8.79. The van der Waals surface area contributed by atoms with Crippen molar-refractivity contribution in [3.05, 3.63) is 11.1 Å². The third-order valence-electron chi connectivity index (χ3n) is 1.84. The van der Waals surface area contributed by atoms with Crippen LogP contribution in [0.5, 0.6) is 0 Å². The van der Waals surface area contributed by atoms with Gasteiger partial charge in [-0.25, -0.2) is 4.79 Å². The van der Waals surface area contributed by atoms with Crippen molar-refractivity contribution in [1.29, 1.82) is 0 Å². The number of aliphatic carboxylic acids is 1. The molecule has 6 nitrogen and oxygen atoms in total. The summed E-state index contributed by atoms with van der Waals surface area (Å²) in [6.45, 7) is 2.41. The fraction of sp³-hybridized carbons (Fsp3) is 0.444. The molecule has 0 aromatic carbocycles. The Hall–Kier alpha value is -1.85. The van der Waals surface area contributed by atoms with Crippen LogP contribution in [0.4, 0.5) is 0 Å². The zero-order valence-electron chi connectivity index (χ0n) is 8.79. The smallest absolute Gasteiger partial charge is 0.331 e. The summed E-state index contributed by atoms with van der Waals surface area (Å²) in [5.74, 6) is -2.36. The van der Waals surface area contributed by atoms with E-state index in [4.69, 9.17) is 5.11 Å². The third kappa shape index (κ3) is 4.26. The Morgan fingerprint density at radius 1 is 1.20 bits per heavy atom. The second-order valence-electron chi connectivity index (χ2n) is 2.81. The molecule has 2 N–H and O–H groups in total. The highest BCUT2D eigenvalue weighted by molar-refractivity contribution is 6.02. The highest BCUT2D eigenvalue weighted by Crippen LogP contribution is 2.02. The summed E-state index contributed by atoms with van der Waals surface area (Å²) in [6.07, 6.45) is 0. The Balaban J connectivity index is 4.41. The van der Waals surface area contributed by atoms with Gasteiger partial charge >= 0.3 is 11.9 Å². The molecule has 6 heteroatoms. The van der Waals surface area contributed by atoms with E-state index in [9.17, 15) is 14.4 Å². The molecule has 0 aromatic heterocycles. The number of amides is 1. The van der Waals surface area contributed by atoms with E-state index in [1.807, 2.05) is 0 Å². The van der Waals surface area contributed by atoms with Gasteiger partial charge in [-0.15, -0.1) is 0 Å². The second kappa shape index (κ2) is 5.79. The number of esters is 1. The van der Waals surface area contributed by atoms with Crippen molar-refractivity contribution in [3.8, 4) is 0 Å². The maximum absolute atomic E-state index is 11.3. The molecule has 0 aliphatic rings. The lowest BCUT2D eigenvalue weighted by Gasteiger charge is -2.05. The van der Waals surface area contributed by atoms with E-state index >= 15 is 0 Å². The predicted molar refractivity (Wildman–Crippen MR) is 51.0 cm³/mol. The monoisotopic (exact) mass is 215 g/mol. The number of hydrogen-bond acceptors (Lipinski definition) is 4. The zero-order chi connectivity index (χ0) is 12.0. The third-order valence-corrected chi connectivity index (χ3v) is 1.84. The highest BCUT2D eigenvalue weighted by atomic mass is 16.5. The van der Waals surface area contributed by atoms with E-state index in [1.165, 1.54) is 21.0 Å². The Morgan fingerprint density at radius 2 is 1.73 bits per heavy atom. The minimum absolute atomic E-state index is 0.0580. The molecule has 0 aliphatic carbocycles. The Kier molecular flexibility index (Phi) is 5.08. The number of hydrogen-bond donors (Lipinski definition) is 2. The van der Waals surface area contributed by atoms with Crippen molar-refractivity contribution in [3.63, 3.8) is 0 Å². The Bertz CT molecular complexity index is 318. The average Bonchev–Trinajstić information content (AvgIpc) is 2.22. The van der Waals surface area contributed by atoms with Gasteiger partial charge in [-0.2, -0.15) is 0 Å². The summed E-state index contributed by atoms with van der Waals surface area (Å²) in [5, 5.41) is 10.8. The van der Waals surface area contributed by atoms with E-state index < -0.39 is 17.8 Å². The van der Waals surface area contributed by atoms with Crippen molar-refractivity contribution < 1.29 is 24.2 Å². The summed E-state index contributed by atoms with van der Waals surface area (Å²) >= 11 is 0. The molecule has 0 radical (unpaired) electrons. The van der Waals surface area contributed by atoms with Crippen LogP contribution < -0.4 is 5.32 Å². The standard InChI is InChI=1S/C9H13NO5/c1-5(6(2)9(13)14)8(12)10-4-7(11)15-3/h4H2,1-3H3,(H,10,12)(H,13,14). The van der Waals surface area contributed by atoms with E-state index in [0.717, 1.165) is 0 Å². The molecule has 0 rings (SSSR count).